The van der Waals surface area contributed by atoms with E-state index in [1.54, 1.807) is 30.3 Å². The van der Waals surface area contributed by atoms with Crippen LogP contribution in [0.5, 0.6) is 0 Å². The Morgan fingerprint density at radius 3 is 2.90 bits per heavy atom. The number of carbonyl (C=O) groups is 1. The predicted molar refractivity (Wildman–Crippen MR) is 113 cm³/mol. The number of hydrogen-bond acceptors (Lipinski definition) is 6. The van der Waals surface area contributed by atoms with Crippen molar-refractivity contribution in [1.29, 1.82) is 5.26 Å². The van der Waals surface area contributed by atoms with Gasteiger partial charge in [0.1, 0.15) is 10.3 Å². The van der Waals surface area contributed by atoms with Crippen LogP contribution >= 0.6 is 27.3 Å². The monoisotopic (exact) mass is 493 g/mol. The van der Waals surface area contributed by atoms with E-state index >= 15 is 0 Å². The molecular weight excluding hydrogens is 478 g/mol. The maximum Gasteiger partial charge on any atom is 0.253 e. The number of halogens is 1. The Morgan fingerprint density at radius 2 is 2.17 bits per heavy atom. The molecule has 1 aromatic carbocycles. The quantitative estimate of drug-likeness (QED) is 0.576. The zero-order chi connectivity index (χ0) is 20.6. The highest BCUT2D eigenvalue weighted by atomic mass is 79.9. The van der Waals surface area contributed by atoms with E-state index in [9.17, 15) is 13.2 Å². The molecule has 3 aromatic rings. The molecule has 1 atom stereocenters. The summed E-state index contributed by atoms with van der Waals surface area (Å²) in [6.07, 6.45) is 1.91. The SMILES string of the molecule is N#Cc1ccc2nc(NC(=O)C3CCCCN3S(=O)(=O)c3ccc(Br)s3)[nH]c2c1. The maximum atomic E-state index is 13.1. The summed E-state index contributed by atoms with van der Waals surface area (Å²) in [7, 11) is -3.77. The molecule has 0 radical (unpaired) electrons. The van der Waals surface area contributed by atoms with Gasteiger partial charge in [-0.25, -0.2) is 13.4 Å². The molecule has 1 amide bonds. The van der Waals surface area contributed by atoms with Gasteiger partial charge in [0.15, 0.2) is 0 Å². The molecule has 150 valence electrons. The molecule has 8 nitrogen and oxygen atoms in total. The number of piperidine rings is 1. The third-order valence-electron chi connectivity index (χ3n) is 4.72. The van der Waals surface area contributed by atoms with Crippen LogP contribution in [-0.2, 0) is 14.8 Å². The second-order valence-corrected chi connectivity index (χ2v) is 11.2. The Balaban J connectivity index is 1.58. The van der Waals surface area contributed by atoms with Crippen molar-refractivity contribution in [2.45, 2.75) is 29.5 Å². The van der Waals surface area contributed by atoms with Crippen molar-refractivity contribution < 1.29 is 13.2 Å². The normalized spacial score (nSPS) is 17.9. The highest BCUT2D eigenvalue weighted by molar-refractivity contribution is 9.11. The number of aromatic amines is 1. The Hall–Kier alpha value is -2.26. The van der Waals surface area contributed by atoms with Crippen LogP contribution in [-0.4, -0.2) is 41.2 Å². The van der Waals surface area contributed by atoms with Crippen molar-refractivity contribution >= 4 is 60.2 Å². The minimum Gasteiger partial charge on any atom is -0.324 e. The van der Waals surface area contributed by atoms with E-state index in [1.165, 1.54) is 4.31 Å². The van der Waals surface area contributed by atoms with Gasteiger partial charge in [-0.1, -0.05) is 6.42 Å². The zero-order valence-corrected chi connectivity index (χ0v) is 18.3. The molecule has 0 bridgehead atoms. The summed E-state index contributed by atoms with van der Waals surface area (Å²) >= 11 is 4.41. The number of H-pyrrole nitrogens is 1. The van der Waals surface area contributed by atoms with Crippen LogP contribution in [0.25, 0.3) is 11.0 Å². The number of imidazole rings is 1. The number of amides is 1. The molecule has 1 unspecified atom stereocenters. The van der Waals surface area contributed by atoms with Crippen LogP contribution in [0.15, 0.2) is 38.3 Å². The fraction of sp³-hybridized carbons (Fsp3) is 0.278. The van der Waals surface area contributed by atoms with Crippen LogP contribution in [0.3, 0.4) is 0 Å². The maximum absolute atomic E-state index is 13.1. The van der Waals surface area contributed by atoms with Gasteiger partial charge in [0, 0.05) is 6.54 Å². The average Bonchev–Trinajstić information content (AvgIpc) is 3.33. The number of thiophene rings is 1. The Labute approximate surface area is 179 Å². The highest BCUT2D eigenvalue weighted by Crippen LogP contribution is 2.32. The number of sulfonamides is 1. The number of nitrogens with zero attached hydrogens (tertiary/aromatic N) is 3. The third-order valence-corrected chi connectivity index (χ3v) is 8.72. The number of rotatable bonds is 4. The fourth-order valence-electron chi connectivity index (χ4n) is 3.34. The molecule has 29 heavy (non-hydrogen) atoms. The summed E-state index contributed by atoms with van der Waals surface area (Å²) in [6.45, 7) is 0.293. The lowest BCUT2D eigenvalue weighted by atomic mass is 10.0. The first kappa shape index (κ1) is 20.0. The minimum atomic E-state index is -3.77. The molecule has 4 rings (SSSR count). The van der Waals surface area contributed by atoms with Gasteiger partial charge in [0.25, 0.3) is 10.0 Å². The highest BCUT2D eigenvalue weighted by Gasteiger charge is 2.38. The van der Waals surface area contributed by atoms with Crippen molar-refractivity contribution in [2.75, 3.05) is 11.9 Å². The van der Waals surface area contributed by atoms with Gasteiger partial charge < -0.3 is 4.98 Å². The van der Waals surface area contributed by atoms with Crippen molar-refractivity contribution in [1.82, 2.24) is 14.3 Å². The lowest BCUT2D eigenvalue weighted by Gasteiger charge is -2.32. The molecule has 3 heterocycles. The van der Waals surface area contributed by atoms with Gasteiger partial charge in [0.05, 0.1) is 26.5 Å². The number of carbonyl (C=O) groups excluding carboxylic acids is 1. The zero-order valence-electron chi connectivity index (χ0n) is 15.1. The van der Waals surface area contributed by atoms with Crippen LogP contribution in [0.4, 0.5) is 5.95 Å². The van der Waals surface area contributed by atoms with Crippen LogP contribution in [0.1, 0.15) is 24.8 Å². The molecule has 0 spiro atoms. The molecule has 2 aromatic heterocycles. The van der Waals surface area contributed by atoms with Gasteiger partial charge in [-0.2, -0.15) is 9.57 Å². The standard InChI is InChI=1S/C18H16BrN5O3S2/c19-15-6-7-16(28-15)29(26,27)24-8-2-1-3-14(24)17(25)23-18-21-12-5-4-11(10-20)9-13(12)22-18/h4-7,9,14H,1-3,8H2,(H2,21,22,23,25). The molecule has 0 aliphatic carbocycles. The van der Waals surface area contributed by atoms with Crippen molar-refractivity contribution in [2.24, 2.45) is 0 Å². The van der Waals surface area contributed by atoms with Crippen LogP contribution in [0, 0.1) is 11.3 Å². The first-order valence-electron chi connectivity index (χ1n) is 8.86. The number of fused-ring (bicyclic) bond motifs is 1. The molecule has 1 fully saturated rings. The molecule has 1 aliphatic rings. The van der Waals surface area contributed by atoms with Crippen LogP contribution < -0.4 is 5.32 Å². The molecule has 1 saturated heterocycles. The summed E-state index contributed by atoms with van der Waals surface area (Å²) in [4.78, 5) is 20.2. The van der Waals surface area contributed by atoms with E-state index in [2.05, 4.69) is 31.2 Å². The van der Waals surface area contributed by atoms with Gasteiger partial charge in [-0.3, -0.25) is 10.1 Å². The van der Waals surface area contributed by atoms with Gasteiger partial charge in [-0.15, -0.1) is 11.3 Å². The summed E-state index contributed by atoms with van der Waals surface area (Å²) in [5.41, 5.74) is 1.71. The van der Waals surface area contributed by atoms with E-state index in [-0.39, 0.29) is 10.2 Å². The van der Waals surface area contributed by atoms with Crippen molar-refractivity contribution in [3.05, 3.63) is 39.7 Å². The largest absolute Gasteiger partial charge is 0.324 e. The van der Waals surface area contributed by atoms with E-state index < -0.39 is 22.0 Å². The number of hydrogen-bond donors (Lipinski definition) is 2. The summed E-state index contributed by atoms with van der Waals surface area (Å²) in [5.74, 6) is -0.203. The first-order valence-corrected chi connectivity index (χ1v) is 11.9. The van der Waals surface area contributed by atoms with E-state index in [1.807, 2.05) is 6.07 Å². The number of nitriles is 1. The average molecular weight is 494 g/mol. The second-order valence-electron chi connectivity index (χ2n) is 6.60. The Bertz CT molecular complexity index is 1230. The molecular formula is C18H16BrN5O3S2. The molecule has 0 saturated carbocycles. The van der Waals surface area contributed by atoms with Crippen molar-refractivity contribution in [3.63, 3.8) is 0 Å². The summed E-state index contributed by atoms with van der Waals surface area (Å²) in [6, 6.07) is 9.44. The fourth-order valence-corrected chi connectivity index (χ4v) is 7.14. The predicted octanol–water partition coefficient (Wildman–Crippen LogP) is 3.44. The number of aromatic nitrogens is 2. The van der Waals surface area contributed by atoms with Gasteiger partial charge in [-0.05, 0) is 59.1 Å². The van der Waals surface area contributed by atoms with Gasteiger partial charge >= 0.3 is 0 Å². The van der Waals surface area contributed by atoms with Crippen LogP contribution in [0.2, 0.25) is 0 Å². The lowest BCUT2D eigenvalue weighted by molar-refractivity contribution is -0.120. The second kappa shape index (κ2) is 7.87. The third kappa shape index (κ3) is 3.93. The van der Waals surface area contributed by atoms with E-state index in [0.29, 0.717) is 39.8 Å². The Kier molecular flexibility index (Phi) is 5.44. The summed E-state index contributed by atoms with van der Waals surface area (Å²) in [5, 5.41) is 11.7. The lowest BCUT2D eigenvalue weighted by Crippen LogP contribution is -2.49. The molecule has 2 N–H and O–H groups in total. The van der Waals surface area contributed by atoms with Crippen molar-refractivity contribution in [3.8, 4) is 6.07 Å². The number of benzene rings is 1. The smallest absolute Gasteiger partial charge is 0.253 e. The number of nitrogens with one attached hydrogen (secondary N) is 2. The van der Waals surface area contributed by atoms with Gasteiger partial charge in [0.2, 0.25) is 11.9 Å². The Morgan fingerprint density at radius 1 is 1.34 bits per heavy atom. The summed E-state index contributed by atoms with van der Waals surface area (Å²) < 4.78 is 28.3. The molecule has 1 aliphatic heterocycles. The first-order chi connectivity index (χ1) is 13.9. The number of anilines is 1. The van der Waals surface area contributed by atoms with E-state index in [4.69, 9.17) is 5.26 Å². The van der Waals surface area contributed by atoms with E-state index in [0.717, 1.165) is 17.8 Å². The molecule has 11 heteroatoms. The minimum absolute atomic E-state index is 0.205. The topological polar surface area (TPSA) is 119 Å².